The number of para-hydroxylation sites is 1. The Kier molecular flexibility index (Phi) is 5.71. The average Bonchev–Trinajstić information content (AvgIpc) is 2.71. The van der Waals surface area contributed by atoms with Crippen LogP contribution in [0.4, 0.5) is 5.82 Å². The van der Waals surface area contributed by atoms with E-state index >= 15 is 0 Å². The van der Waals surface area contributed by atoms with Gasteiger partial charge in [0.25, 0.3) is 0 Å². The van der Waals surface area contributed by atoms with Crippen molar-refractivity contribution in [3.05, 3.63) is 65.0 Å². The molecule has 32 heavy (non-hydrogen) atoms. The van der Waals surface area contributed by atoms with Gasteiger partial charge in [0.15, 0.2) is 5.78 Å². The SMILES string of the molecule is COc1ccccc1[C@@H]1C2=C(CC(C)(C)CC2=O)N=C(C)C1C(=O)Nc1cccc(C)n1. The van der Waals surface area contributed by atoms with E-state index in [9.17, 15) is 9.59 Å². The highest BCUT2D eigenvalue weighted by Gasteiger charge is 2.46. The quantitative estimate of drug-likeness (QED) is 0.750. The van der Waals surface area contributed by atoms with Gasteiger partial charge in [0.1, 0.15) is 11.6 Å². The van der Waals surface area contributed by atoms with E-state index in [0.717, 1.165) is 17.0 Å². The van der Waals surface area contributed by atoms with Crippen LogP contribution >= 0.6 is 0 Å². The van der Waals surface area contributed by atoms with Crippen molar-refractivity contribution in [3.8, 4) is 5.75 Å². The standard InChI is InChI=1S/C26H29N3O3/c1-15-9-8-12-21(27-15)29-25(31)22-16(2)28-18-13-26(3,4)14-19(30)24(18)23(22)17-10-6-7-11-20(17)32-5/h6-12,22-23H,13-14H2,1-5H3,(H,27,29,31)/t22?,23-/m0/s1. The Bertz CT molecular complexity index is 1150. The van der Waals surface area contributed by atoms with E-state index in [1.165, 1.54) is 0 Å². The molecule has 1 aliphatic carbocycles. The molecule has 1 unspecified atom stereocenters. The van der Waals surface area contributed by atoms with E-state index in [1.807, 2.05) is 50.2 Å². The summed E-state index contributed by atoms with van der Waals surface area (Å²) in [5.41, 5.74) is 3.59. The summed E-state index contributed by atoms with van der Waals surface area (Å²) in [6, 6.07) is 13.1. The van der Waals surface area contributed by atoms with Gasteiger partial charge in [-0.15, -0.1) is 0 Å². The summed E-state index contributed by atoms with van der Waals surface area (Å²) < 4.78 is 5.63. The maximum Gasteiger partial charge on any atom is 0.235 e. The zero-order valence-electron chi connectivity index (χ0n) is 19.2. The predicted octanol–water partition coefficient (Wildman–Crippen LogP) is 4.85. The zero-order chi connectivity index (χ0) is 23.0. The van der Waals surface area contributed by atoms with Crippen molar-refractivity contribution in [1.29, 1.82) is 0 Å². The van der Waals surface area contributed by atoms with Crippen molar-refractivity contribution in [3.63, 3.8) is 0 Å². The normalized spacial score (nSPS) is 22.2. The van der Waals surface area contributed by atoms with Crippen LogP contribution in [0.25, 0.3) is 0 Å². The van der Waals surface area contributed by atoms with Gasteiger partial charge in [-0.05, 0) is 43.9 Å². The minimum absolute atomic E-state index is 0.0508. The average molecular weight is 432 g/mol. The second-order valence-electron chi connectivity index (χ2n) is 9.41. The monoisotopic (exact) mass is 431 g/mol. The lowest BCUT2D eigenvalue weighted by molar-refractivity contribution is -0.119. The Morgan fingerprint density at radius 3 is 2.56 bits per heavy atom. The molecule has 4 rings (SSSR count). The van der Waals surface area contributed by atoms with Crippen LogP contribution < -0.4 is 10.1 Å². The van der Waals surface area contributed by atoms with E-state index in [0.29, 0.717) is 35.7 Å². The molecule has 1 aromatic carbocycles. The molecule has 0 radical (unpaired) electrons. The molecule has 1 amide bonds. The number of pyridine rings is 1. The number of carbonyl (C=O) groups excluding carboxylic acids is 2. The summed E-state index contributed by atoms with van der Waals surface area (Å²) in [5, 5.41) is 2.94. The molecule has 1 aliphatic heterocycles. The number of carbonyl (C=O) groups is 2. The number of anilines is 1. The fourth-order valence-corrected chi connectivity index (χ4v) is 4.86. The van der Waals surface area contributed by atoms with Crippen LogP contribution in [0, 0.1) is 18.3 Å². The van der Waals surface area contributed by atoms with Crippen LogP contribution in [0.5, 0.6) is 5.75 Å². The lowest BCUT2D eigenvalue weighted by atomic mass is 9.66. The van der Waals surface area contributed by atoms with Crippen molar-refractivity contribution < 1.29 is 14.3 Å². The molecular weight excluding hydrogens is 402 g/mol. The number of ether oxygens (including phenoxy) is 1. The molecule has 1 aromatic heterocycles. The number of Topliss-reactive ketones (excluding diaryl/α,β-unsaturated/α-hetero) is 1. The molecule has 6 heteroatoms. The molecule has 0 bridgehead atoms. The molecule has 2 atom stereocenters. The summed E-state index contributed by atoms with van der Waals surface area (Å²) >= 11 is 0. The molecule has 0 fully saturated rings. The van der Waals surface area contributed by atoms with Gasteiger partial charge >= 0.3 is 0 Å². The second-order valence-corrected chi connectivity index (χ2v) is 9.41. The van der Waals surface area contributed by atoms with Gasteiger partial charge in [0, 0.05) is 40.6 Å². The predicted molar refractivity (Wildman–Crippen MR) is 125 cm³/mol. The van der Waals surface area contributed by atoms with Crippen molar-refractivity contribution in [1.82, 2.24) is 4.98 Å². The number of nitrogens with zero attached hydrogens (tertiary/aromatic N) is 2. The summed E-state index contributed by atoms with van der Waals surface area (Å²) in [4.78, 5) is 36.2. The highest BCUT2D eigenvalue weighted by Crippen LogP contribution is 2.49. The molecule has 0 spiro atoms. The third kappa shape index (κ3) is 4.09. The maximum absolute atomic E-state index is 13.6. The van der Waals surface area contributed by atoms with Gasteiger partial charge in [-0.25, -0.2) is 4.98 Å². The number of amides is 1. The third-order valence-corrected chi connectivity index (χ3v) is 6.20. The van der Waals surface area contributed by atoms with Gasteiger partial charge in [-0.3, -0.25) is 14.6 Å². The molecular formula is C26H29N3O3. The van der Waals surface area contributed by atoms with Gasteiger partial charge in [-0.1, -0.05) is 38.1 Å². The molecule has 2 heterocycles. The number of aryl methyl sites for hydroxylation is 1. The lowest BCUT2D eigenvalue weighted by Gasteiger charge is -2.39. The number of rotatable bonds is 4. The van der Waals surface area contributed by atoms with Crippen molar-refractivity contribution in [2.45, 2.75) is 46.5 Å². The van der Waals surface area contributed by atoms with Crippen LogP contribution in [0.1, 0.15) is 50.8 Å². The molecule has 166 valence electrons. The number of nitrogens with one attached hydrogen (secondary N) is 1. The largest absolute Gasteiger partial charge is 0.496 e. The van der Waals surface area contributed by atoms with E-state index < -0.39 is 11.8 Å². The number of methoxy groups -OCH3 is 1. The van der Waals surface area contributed by atoms with E-state index in [-0.39, 0.29) is 17.1 Å². The van der Waals surface area contributed by atoms with E-state index in [1.54, 1.807) is 13.2 Å². The number of hydrogen-bond donors (Lipinski definition) is 1. The minimum Gasteiger partial charge on any atom is -0.496 e. The molecule has 6 nitrogen and oxygen atoms in total. The van der Waals surface area contributed by atoms with Crippen molar-refractivity contribution >= 4 is 23.2 Å². The smallest absolute Gasteiger partial charge is 0.235 e. The Morgan fingerprint density at radius 1 is 1.09 bits per heavy atom. The highest BCUT2D eigenvalue weighted by atomic mass is 16.5. The molecule has 2 aromatic rings. The Morgan fingerprint density at radius 2 is 1.84 bits per heavy atom. The van der Waals surface area contributed by atoms with Crippen molar-refractivity contribution in [2.24, 2.45) is 16.3 Å². The van der Waals surface area contributed by atoms with E-state index in [2.05, 4.69) is 24.1 Å². The Labute approximate surface area is 188 Å². The number of benzene rings is 1. The third-order valence-electron chi connectivity index (χ3n) is 6.20. The summed E-state index contributed by atoms with van der Waals surface area (Å²) in [6.45, 7) is 7.91. The first-order valence-corrected chi connectivity index (χ1v) is 10.9. The molecule has 0 saturated carbocycles. The summed E-state index contributed by atoms with van der Waals surface area (Å²) in [5.74, 6) is -0.149. The number of hydrogen-bond acceptors (Lipinski definition) is 5. The van der Waals surface area contributed by atoms with E-state index in [4.69, 9.17) is 9.73 Å². The molecule has 0 saturated heterocycles. The molecule has 1 N–H and O–H groups in total. The van der Waals surface area contributed by atoms with Crippen LogP contribution in [-0.2, 0) is 9.59 Å². The van der Waals surface area contributed by atoms with Crippen LogP contribution in [-0.4, -0.2) is 29.5 Å². The first kappa shape index (κ1) is 21.9. The topological polar surface area (TPSA) is 80.6 Å². The number of aromatic nitrogens is 1. The summed E-state index contributed by atoms with van der Waals surface area (Å²) in [6.07, 6.45) is 1.13. The first-order valence-electron chi connectivity index (χ1n) is 10.9. The minimum atomic E-state index is -0.641. The van der Waals surface area contributed by atoms with Gasteiger partial charge < -0.3 is 10.1 Å². The number of aliphatic imine (C=N–C) groups is 1. The van der Waals surface area contributed by atoms with Crippen LogP contribution in [0.3, 0.4) is 0 Å². The maximum atomic E-state index is 13.6. The lowest BCUT2D eigenvalue weighted by Crippen LogP contribution is -2.41. The van der Waals surface area contributed by atoms with Crippen LogP contribution in [0.2, 0.25) is 0 Å². The highest BCUT2D eigenvalue weighted by molar-refractivity contribution is 6.13. The Hall–Kier alpha value is -3.28. The van der Waals surface area contributed by atoms with Crippen molar-refractivity contribution in [2.75, 3.05) is 12.4 Å². The number of ketones is 1. The van der Waals surface area contributed by atoms with Gasteiger partial charge in [0.05, 0.1) is 13.0 Å². The van der Waals surface area contributed by atoms with Gasteiger partial charge in [0.2, 0.25) is 5.91 Å². The number of allylic oxidation sites excluding steroid dienone is 2. The summed E-state index contributed by atoms with van der Waals surface area (Å²) in [7, 11) is 1.61. The second kappa shape index (κ2) is 8.34. The first-order chi connectivity index (χ1) is 15.2. The van der Waals surface area contributed by atoms with Gasteiger partial charge in [-0.2, -0.15) is 0 Å². The molecule has 2 aliphatic rings. The van der Waals surface area contributed by atoms with Crippen LogP contribution in [0.15, 0.2) is 58.7 Å². The Balaban J connectivity index is 1.83. The fourth-order valence-electron chi connectivity index (χ4n) is 4.86. The zero-order valence-corrected chi connectivity index (χ0v) is 19.2. The fraction of sp³-hybridized carbons (Fsp3) is 0.385.